The Bertz CT molecular complexity index is 450. The lowest BCUT2D eigenvalue weighted by Gasteiger charge is -2.14. The molecular formula is C9H19NO5S2. The molecule has 6 nitrogen and oxygen atoms in total. The fraction of sp³-hybridized carbons (Fsp3) is 1.00. The van der Waals surface area contributed by atoms with Crippen LogP contribution in [0.2, 0.25) is 0 Å². The van der Waals surface area contributed by atoms with Crippen LogP contribution in [0.1, 0.15) is 19.3 Å². The maximum absolute atomic E-state index is 11.5. The van der Waals surface area contributed by atoms with Gasteiger partial charge in [-0.25, -0.2) is 21.6 Å². The lowest BCUT2D eigenvalue weighted by molar-refractivity contribution is 0.249. The van der Waals surface area contributed by atoms with E-state index < -0.39 is 25.6 Å². The summed E-state index contributed by atoms with van der Waals surface area (Å²) in [7, 11) is -6.80. The van der Waals surface area contributed by atoms with E-state index in [0.29, 0.717) is 13.0 Å². The van der Waals surface area contributed by atoms with E-state index >= 15 is 0 Å². The van der Waals surface area contributed by atoms with Gasteiger partial charge in [0.15, 0.2) is 0 Å². The van der Waals surface area contributed by atoms with E-state index in [1.807, 2.05) is 0 Å². The predicted molar refractivity (Wildman–Crippen MR) is 64.9 cm³/mol. The summed E-state index contributed by atoms with van der Waals surface area (Å²) in [5.41, 5.74) is -0.104. The van der Waals surface area contributed by atoms with Gasteiger partial charge in [-0.3, -0.25) is 0 Å². The minimum Gasteiger partial charge on any atom is -0.396 e. The van der Waals surface area contributed by atoms with Crippen molar-refractivity contribution in [3.8, 4) is 0 Å². The van der Waals surface area contributed by atoms with Crippen LogP contribution >= 0.6 is 0 Å². The second kappa shape index (κ2) is 5.21. The van der Waals surface area contributed by atoms with Crippen LogP contribution in [0, 0.1) is 5.41 Å². The summed E-state index contributed by atoms with van der Waals surface area (Å²) in [5.74, 6) is -0.767. The molecular weight excluding hydrogens is 266 g/mol. The van der Waals surface area contributed by atoms with Crippen LogP contribution in [-0.2, 0) is 19.9 Å². The van der Waals surface area contributed by atoms with Crippen LogP contribution in [-0.4, -0.2) is 52.9 Å². The monoisotopic (exact) mass is 285 g/mol. The van der Waals surface area contributed by atoms with Crippen molar-refractivity contribution in [3.05, 3.63) is 0 Å². The molecule has 0 spiro atoms. The first-order valence-corrected chi connectivity index (χ1v) is 9.15. The van der Waals surface area contributed by atoms with Crippen LogP contribution in [0.25, 0.3) is 0 Å². The predicted octanol–water partition coefficient (Wildman–Crippen LogP) is -0.887. The number of rotatable bonds is 8. The number of hydrogen-bond acceptors (Lipinski definition) is 5. The Labute approximate surface area is 102 Å². The van der Waals surface area contributed by atoms with Crippen molar-refractivity contribution in [2.24, 2.45) is 5.41 Å². The van der Waals surface area contributed by atoms with E-state index in [4.69, 9.17) is 5.11 Å². The molecule has 0 unspecified atom stereocenters. The summed E-state index contributed by atoms with van der Waals surface area (Å²) in [6, 6.07) is 0. The normalized spacial score (nSPS) is 19.2. The quantitative estimate of drug-likeness (QED) is 0.603. The van der Waals surface area contributed by atoms with E-state index in [2.05, 4.69) is 4.72 Å². The highest BCUT2D eigenvalue weighted by molar-refractivity contribution is 7.93. The number of nitrogens with one attached hydrogen (secondary N) is 1. The molecule has 0 aromatic heterocycles. The Balaban J connectivity index is 2.40. The maximum atomic E-state index is 11.5. The van der Waals surface area contributed by atoms with Crippen LogP contribution in [0.3, 0.4) is 0 Å². The van der Waals surface area contributed by atoms with Gasteiger partial charge in [0.05, 0.1) is 11.5 Å². The molecule has 0 amide bonds. The summed E-state index contributed by atoms with van der Waals surface area (Å²) in [5, 5.41) is 8.82. The minimum atomic E-state index is -3.54. The van der Waals surface area contributed by atoms with E-state index in [1.54, 1.807) is 0 Å². The third-order valence-corrected chi connectivity index (χ3v) is 5.52. The molecule has 1 saturated carbocycles. The molecule has 102 valence electrons. The number of sulfone groups is 1. The highest BCUT2D eigenvalue weighted by Crippen LogP contribution is 2.47. The summed E-state index contributed by atoms with van der Waals surface area (Å²) in [4.78, 5) is 0. The summed E-state index contributed by atoms with van der Waals surface area (Å²) < 4.78 is 47.2. The molecule has 1 fully saturated rings. The van der Waals surface area contributed by atoms with Crippen molar-refractivity contribution < 1.29 is 21.9 Å². The second-order valence-corrected chi connectivity index (χ2v) is 8.93. The zero-order valence-electron chi connectivity index (χ0n) is 9.85. The largest absolute Gasteiger partial charge is 0.396 e. The fourth-order valence-electron chi connectivity index (χ4n) is 1.53. The second-order valence-electron chi connectivity index (χ2n) is 4.74. The molecule has 8 heteroatoms. The Morgan fingerprint density at radius 3 is 2.18 bits per heavy atom. The molecule has 0 bridgehead atoms. The van der Waals surface area contributed by atoms with Gasteiger partial charge < -0.3 is 5.11 Å². The van der Waals surface area contributed by atoms with Gasteiger partial charge in [0, 0.05) is 19.4 Å². The van der Waals surface area contributed by atoms with Crippen molar-refractivity contribution in [1.82, 2.24) is 4.72 Å². The van der Waals surface area contributed by atoms with Gasteiger partial charge in [0.25, 0.3) is 0 Å². The number of hydrogen-bond donors (Lipinski definition) is 2. The molecule has 17 heavy (non-hydrogen) atoms. The minimum absolute atomic E-state index is 0.0467. The molecule has 0 radical (unpaired) electrons. The molecule has 1 rings (SSSR count). The van der Waals surface area contributed by atoms with Crippen LogP contribution in [0.5, 0.6) is 0 Å². The zero-order chi connectivity index (χ0) is 13.2. The van der Waals surface area contributed by atoms with Gasteiger partial charge in [-0.05, 0) is 24.7 Å². The van der Waals surface area contributed by atoms with Gasteiger partial charge in [-0.2, -0.15) is 0 Å². The number of aliphatic hydroxyl groups excluding tert-OH is 1. The van der Waals surface area contributed by atoms with E-state index in [9.17, 15) is 16.8 Å². The first-order chi connectivity index (χ1) is 7.68. The molecule has 2 N–H and O–H groups in total. The molecule has 0 aromatic rings. The van der Waals surface area contributed by atoms with Gasteiger partial charge in [-0.15, -0.1) is 0 Å². The molecule has 1 aliphatic rings. The Kier molecular flexibility index (Phi) is 4.56. The first-order valence-electron chi connectivity index (χ1n) is 5.44. The molecule has 0 atom stereocenters. The third-order valence-electron chi connectivity index (χ3n) is 2.99. The number of aliphatic hydroxyl groups is 1. The lowest BCUT2D eigenvalue weighted by Crippen LogP contribution is -2.34. The van der Waals surface area contributed by atoms with Crippen LogP contribution in [0.15, 0.2) is 0 Å². The van der Waals surface area contributed by atoms with Crippen molar-refractivity contribution >= 4 is 19.9 Å². The topological polar surface area (TPSA) is 101 Å². The maximum Gasteiger partial charge on any atom is 0.212 e. The first kappa shape index (κ1) is 14.9. The molecule has 0 aromatic carbocycles. The van der Waals surface area contributed by atoms with E-state index in [-0.39, 0.29) is 17.8 Å². The van der Waals surface area contributed by atoms with Gasteiger partial charge in [-0.1, -0.05) is 0 Å². The third kappa shape index (κ3) is 5.80. The highest BCUT2D eigenvalue weighted by Gasteiger charge is 2.42. The highest BCUT2D eigenvalue weighted by atomic mass is 32.2. The Hall–Kier alpha value is -0.180. The smallest absolute Gasteiger partial charge is 0.212 e. The van der Waals surface area contributed by atoms with Crippen molar-refractivity contribution in [1.29, 1.82) is 0 Å². The summed E-state index contributed by atoms with van der Waals surface area (Å²) in [6.07, 6.45) is 3.41. The molecule has 0 aliphatic heterocycles. The van der Waals surface area contributed by atoms with E-state index in [1.165, 1.54) is 0 Å². The average Bonchev–Trinajstić information content (AvgIpc) is 2.93. The van der Waals surface area contributed by atoms with Crippen LogP contribution in [0.4, 0.5) is 0 Å². The number of sulfonamides is 1. The zero-order valence-corrected chi connectivity index (χ0v) is 11.5. The summed E-state index contributed by atoms with van der Waals surface area (Å²) in [6.45, 7) is 0.338. The van der Waals surface area contributed by atoms with E-state index in [0.717, 1.165) is 19.1 Å². The average molecular weight is 285 g/mol. The van der Waals surface area contributed by atoms with Crippen molar-refractivity contribution in [2.45, 2.75) is 19.3 Å². The molecule has 1 aliphatic carbocycles. The fourth-order valence-corrected chi connectivity index (χ4v) is 4.28. The lowest BCUT2D eigenvalue weighted by atomic mass is 10.0. The Morgan fingerprint density at radius 1 is 1.18 bits per heavy atom. The van der Waals surface area contributed by atoms with Gasteiger partial charge >= 0.3 is 0 Å². The van der Waals surface area contributed by atoms with Gasteiger partial charge in [0.1, 0.15) is 9.84 Å². The summed E-state index contributed by atoms with van der Waals surface area (Å²) >= 11 is 0. The van der Waals surface area contributed by atoms with Gasteiger partial charge in [0.2, 0.25) is 10.0 Å². The standard InChI is InChI=1S/C9H19NO5S2/c1-16(12,13)6-7-17(14,15)10-8-9(2-3-9)4-5-11/h10-11H,2-8H2,1H3. The molecule has 0 heterocycles. The van der Waals surface area contributed by atoms with Crippen molar-refractivity contribution in [2.75, 3.05) is 30.9 Å². The SMILES string of the molecule is CS(=O)(=O)CCS(=O)(=O)NCC1(CCO)CC1. The Morgan fingerprint density at radius 2 is 1.76 bits per heavy atom. The van der Waals surface area contributed by atoms with Crippen LogP contribution < -0.4 is 4.72 Å². The molecule has 0 saturated heterocycles. The van der Waals surface area contributed by atoms with Crippen molar-refractivity contribution in [3.63, 3.8) is 0 Å².